The summed E-state index contributed by atoms with van der Waals surface area (Å²) in [7, 11) is -3.40. The van der Waals surface area contributed by atoms with Crippen molar-refractivity contribution in [2.24, 2.45) is 0 Å². The summed E-state index contributed by atoms with van der Waals surface area (Å²) in [6, 6.07) is 6.25. The van der Waals surface area contributed by atoms with E-state index in [1.807, 2.05) is 31.2 Å². The maximum absolute atomic E-state index is 12.4. The van der Waals surface area contributed by atoms with Crippen molar-refractivity contribution in [1.29, 1.82) is 0 Å². The molecule has 0 amide bonds. The molecule has 5 nitrogen and oxygen atoms in total. The van der Waals surface area contributed by atoms with Crippen LogP contribution >= 0.6 is 0 Å². The molecule has 1 aromatic carbocycles. The van der Waals surface area contributed by atoms with Gasteiger partial charge in [-0.3, -0.25) is 10.1 Å². The van der Waals surface area contributed by atoms with Gasteiger partial charge in [0, 0.05) is 6.04 Å². The predicted molar refractivity (Wildman–Crippen MR) is 74.3 cm³/mol. The van der Waals surface area contributed by atoms with Gasteiger partial charge in [-0.1, -0.05) is 31.2 Å². The molecule has 1 heterocycles. The fraction of sp³-hybridized carbons (Fsp3) is 0.500. The molecule has 1 aliphatic heterocycles. The van der Waals surface area contributed by atoms with E-state index >= 15 is 0 Å². The summed E-state index contributed by atoms with van der Waals surface area (Å²) < 4.78 is 24.8. The minimum atomic E-state index is -3.40. The average Bonchev–Trinajstić information content (AvgIpc) is 2.39. The largest absolute Gasteiger partial charge is 0.480 e. The van der Waals surface area contributed by atoms with E-state index in [1.165, 1.54) is 0 Å². The summed E-state index contributed by atoms with van der Waals surface area (Å²) in [4.78, 5) is 11.2. The van der Waals surface area contributed by atoms with Crippen molar-refractivity contribution >= 4 is 15.8 Å². The fourth-order valence-corrected chi connectivity index (χ4v) is 5.54. The third-order valence-corrected chi connectivity index (χ3v) is 6.54. The molecule has 0 spiro atoms. The maximum Gasteiger partial charge on any atom is 0.321 e. The van der Waals surface area contributed by atoms with E-state index in [9.17, 15) is 13.2 Å². The lowest BCUT2D eigenvalue weighted by atomic mass is 9.80. The molecule has 6 heteroatoms. The van der Waals surface area contributed by atoms with Gasteiger partial charge in [0.1, 0.15) is 6.04 Å². The first-order valence-electron chi connectivity index (χ1n) is 6.69. The number of benzene rings is 1. The number of rotatable bonds is 1. The number of carboxylic acids is 1. The van der Waals surface area contributed by atoms with Gasteiger partial charge in [-0.15, -0.1) is 0 Å². The molecule has 4 unspecified atom stereocenters. The van der Waals surface area contributed by atoms with Crippen LogP contribution in [0, 0.1) is 0 Å². The fourth-order valence-electron chi connectivity index (χ4n) is 3.37. The van der Waals surface area contributed by atoms with Crippen LogP contribution in [-0.2, 0) is 14.6 Å². The molecule has 0 radical (unpaired) electrons. The summed E-state index contributed by atoms with van der Waals surface area (Å²) >= 11 is 0. The smallest absolute Gasteiger partial charge is 0.321 e. The summed E-state index contributed by atoms with van der Waals surface area (Å²) in [5, 5.41) is 11.6. The van der Waals surface area contributed by atoms with Gasteiger partial charge < -0.3 is 5.11 Å². The number of nitrogens with one attached hydrogen (secondary N) is 1. The highest BCUT2D eigenvalue weighted by molar-refractivity contribution is 7.92. The Morgan fingerprint density at radius 2 is 1.95 bits per heavy atom. The highest BCUT2D eigenvalue weighted by atomic mass is 32.2. The molecule has 1 saturated heterocycles. The zero-order valence-electron chi connectivity index (χ0n) is 11.1. The van der Waals surface area contributed by atoms with Gasteiger partial charge in [-0.25, -0.2) is 8.42 Å². The number of aliphatic carboxylic acids is 1. The van der Waals surface area contributed by atoms with Crippen molar-refractivity contribution in [3.63, 3.8) is 0 Å². The highest BCUT2D eigenvalue weighted by Gasteiger charge is 2.47. The van der Waals surface area contributed by atoms with Gasteiger partial charge in [0.2, 0.25) is 0 Å². The lowest BCUT2D eigenvalue weighted by molar-refractivity contribution is -0.139. The standard InChI is InChI=1S/C14H17NO4S/c1-8-6-12-13(10-5-3-2-4-9(8)10)15-11(14(16)17)7-20(12,18)19/h2-5,8,11-13,15H,6-7H2,1H3,(H,16,17). The lowest BCUT2D eigenvalue weighted by Crippen LogP contribution is -2.57. The van der Waals surface area contributed by atoms with Crippen LogP contribution in [0.15, 0.2) is 24.3 Å². The van der Waals surface area contributed by atoms with Gasteiger partial charge in [-0.05, 0) is 23.5 Å². The Kier molecular flexibility index (Phi) is 3.10. The van der Waals surface area contributed by atoms with E-state index < -0.39 is 33.1 Å². The molecule has 3 rings (SSSR count). The second-order valence-corrected chi connectivity index (χ2v) is 7.93. The van der Waals surface area contributed by atoms with E-state index in [4.69, 9.17) is 5.11 Å². The minimum Gasteiger partial charge on any atom is -0.480 e. The van der Waals surface area contributed by atoms with Crippen molar-refractivity contribution < 1.29 is 18.3 Å². The van der Waals surface area contributed by atoms with Gasteiger partial charge in [0.15, 0.2) is 9.84 Å². The third kappa shape index (κ3) is 2.03. The SMILES string of the molecule is CC1CC2C(NC(C(=O)O)CS2(=O)=O)c2ccccc21. The zero-order chi connectivity index (χ0) is 14.5. The van der Waals surface area contributed by atoms with Gasteiger partial charge in [-0.2, -0.15) is 0 Å². The summed E-state index contributed by atoms with van der Waals surface area (Å²) in [6.07, 6.45) is 0.545. The van der Waals surface area contributed by atoms with E-state index in [0.717, 1.165) is 11.1 Å². The number of fused-ring (bicyclic) bond motifs is 3. The molecular formula is C14H17NO4S. The first-order valence-corrected chi connectivity index (χ1v) is 8.41. The van der Waals surface area contributed by atoms with Crippen molar-refractivity contribution in [1.82, 2.24) is 5.32 Å². The van der Waals surface area contributed by atoms with Crippen LogP contribution in [0.3, 0.4) is 0 Å². The molecule has 108 valence electrons. The van der Waals surface area contributed by atoms with E-state index in [2.05, 4.69) is 5.32 Å². The third-order valence-electron chi connectivity index (χ3n) is 4.36. The van der Waals surface area contributed by atoms with Gasteiger partial charge in [0.25, 0.3) is 0 Å². The number of sulfone groups is 1. The molecule has 1 aromatic rings. The Hall–Kier alpha value is -1.40. The van der Waals surface area contributed by atoms with Crippen LogP contribution in [0.2, 0.25) is 0 Å². The van der Waals surface area contributed by atoms with Crippen molar-refractivity contribution in [2.45, 2.75) is 36.6 Å². The van der Waals surface area contributed by atoms with Crippen molar-refractivity contribution in [2.75, 3.05) is 5.75 Å². The second kappa shape index (κ2) is 4.56. The molecule has 0 bridgehead atoms. The predicted octanol–water partition coefficient (Wildman–Crippen LogP) is 1.07. The average molecular weight is 295 g/mol. The summed E-state index contributed by atoms with van der Waals surface area (Å²) in [6.45, 7) is 2.02. The van der Waals surface area contributed by atoms with E-state index in [0.29, 0.717) is 6.42 Å². The topological polar surface area (TPSA) is 83.5 Å². The van der Waals surface area contributed by atoms with Crippen LogP contribution in [0.5, 0.6) is 0 Å². The van der Waals surface area contributed by atoms with Crippen LogP contribution in [0.1, 0.15) is 36.4 Å². The van der Waals surface area contributed by atoms with Gasteiger partial charge in [0.05, 0.1) is 11.0 Å². The van der Waals surface area contributed by atoms with Crippen LogP contribution < -0.4 is 5.32 Å². The van der Waals surface area contributed by atoms with E-state index in [1.54, 1.807) is 0 Å². The van der Waals surface area contributed by atoms with Crippen LogP contribution in [0.25, 0.3) is 0 Å². The van der Waals surface area contributed by atoms with E-state index in [-0.39, 0.29) is 11.7 Å². The Labute approximate surface area is 117 Å². The summed E-state index contributed by atoms with van der Waals surface area (Å²) in [5.74, 6) is -1.26. The number of hydrogen-bond donors (Lipinski definition) is 2. The molecule has 2 N–H and O–H groups in total. The molecule has 4 atom stereocenters. The normalized spacial score (nSPS) is 34.9. The minimum absolute atomic E-state index is 0.172. The Balaban J connectivity index is 2.09. The molecule has 20 heavy (non-hydrogen) atoms. The Morgan fingerprint density at radius 1 is 1.30 bits per heavy atom. The number of carboxylic acid groups (broad SMARTS) is 1. The molecule has 0 saturated carbocycles. The Bertz CT molecular complexity index is 655. The first-order chi connectivity index (χ1) is 9.40. The zero-order valence-corrected chi connectivity index (χ0v) is 11.9. The molecule has 0 aromatic heterocycles. The maximum atomic E-state index is 12.4. The van der Waals surface area contributed by atoms with Crippen LogP contribution in [-0.4, -0.2) is 36.5 Å². The number of hydrogen-bond acceptors (Lipinski definition) is 4. The summed E-state index contributed by atoms with van der Waals surface area (Å²) in [5.41, 5.74) is 2.04. The molecular weight excluding hydrogens is 278 g/mol. The molecule has 1 aliphatic carbocycles. The van der Waals surface area contributed by atoms with Crippen molar-refractivity contribution in [3.8, 4) is 0 Å². The number of carbonyl (C=O) groups is 1. The first kappa shape index (κ1) is 13.6. The lowest BCUT2D eigenvalue weighted by Gasteiger charge is -2.41. The second-order valence-electron chi connectivity index (χ2n) is 5.67. The monoisotopic (exact) mass is 295 g/mol. The highest BCUT2D eigenvalue weighted by Crippen LogP contribution is 2.42. The van der Waals surface area contributed by atoms with Crippen LogP contribution in [0.4, 0.5) is 0 Å². The van der Waals surface area contributed by atoms with Gasteiger partial charge >= 0.3 is 5.97 Å². The van der Waals surface area contributed by atoms with Crippen molar-refractivity contribution in [3.05, 3.63) is 35.4 Å². The molecule has 2 aliphatic rings. The molecule has 1 fully saturated rings. The quantitative estimate of drug-likeness (QED) is 0.810. The Morgan fingerprint density at radius 3 is 2.60 bits per heavy atom.